The van der Waals surface area contributed by atoms with Crippen LogP contribution in [-0.4, -0.2) is 31.1 Å². The average Bonchev–Trinajstić information content (AvgIpc) is 2.36. The van der Waals surface area contributed by atoms with Gasteiger partial charge in [0, 0.05) is 6.54 Å². The number of benzene rings is 1. The molecule has 2 nitrogen and oxygen atoms in total. The minimum absolute atomic E-state index is 0.990. The van der Waals surface area contributed by atoms with E-state index in [2.05, 4.69) is 56.1 Å². The van der Waals surface area contributed by atoms with Gasteiger partial charge in [-0.3, -0.25) is 0 Å². The van der Waals surface area contributed by atoms with Crippen LogP contribution in [0.3, 0.4) is 0 Å². The fraction of sp³-hybridized carbons (Fsp3) is 0.625. The summed E-state index contributed by atoms with van der Waals surface area (Å²) in [6, 6.07) is 6.69. The van der Waals surface area contributed by atoms with E-state index in [-0.39, 0.29) is 0 Å². The Kier molecular flexibility index (Phi) is 6.99. The minimum atomic E-state index is 0.990. The molecule has 0 aliphatic carbocycles. The van der Waals surface area contributed by atoms with E-state index in [4.69, 9.17) is 0 Å². The van der Waals surface area contributed by atoms with Crippen molar-refractivity contribution in [2.45, 2.75) is 40.7 Å². The summed E-state index contributed by atoms with van der Waals surface area (Å²) in [5, 5.41) is 3.54. The maximum atomic E-state index is 3.54. The molecule has 18 heavy (non-hydrogen) atoms. The van der Waals surface area contributed by atoms with Gasteiger partial charge in [-0.05, 0) is 57.6 Å². The van der Waals surface area contributed by atoms with Crippen molar-refractivity contribution in [1.29, 1.82) is 0 Å². The van der Waals surface area contributed by atoms with Crippen LogP contribution in [0.5, 0.6) is 0 Å². The van der Waals surface area contributed by atoms with Crippen LogP contribution in [0.1, 0.15) is 37.0 Å². The van der Waals surface area contributed by atoms with Crippen molar-refractivity contribution in [3.63, 3.8) is 0 Å². The molecule has 0 bridgehead atoms. The third-order valence-electron chi connectivity index (χ3n) is 3.54. The monoisotopic (exact) mass is 248 g/mol. The zero-order valence-corrected chi connectivity index (χ0v) is 12.4. The highest BCUT2D eigenvalue weighted by Crippen LogP contribution is 2.09. The van der Waals surface area contributed by atoms with Crippen molar-refractivity contribution in [3.8, 4) is 0 Å². The molecule has 0 fully saturated rings. The third kappa shape index (κ3) is 5.19. The molecule has 1 aromatic carbocycles. The maximum Gasteiger partial charge on any atom is 0.0208 e. The average molecular weight is 248 g/mol. The second-order valence-electron chi connectivity index (χ2n) is 4.99. The van der Waals surface area contributed by atoms with Gasteiger partial charge in [-0.15, -0.1) is 0 Å². The van der Waals surface area contributed by atoms with Crippen LogP contribution in [0.2, 0.25) is 0 Å². The zero-order chi connectivity index (χ0) is 13.4. The van der Waals surface area contributed by atoms with Crippen molar-refractivity contribution in [2.24, 2.45) is 0 Å². The Morgan fingerprint density at radius 3 is 2.44 bits per heavy atom. The predicted molar refractivity (Wildman–Crippen MR) is 80.0 cm³/mol. The van der Waals surface area contributed by atoms with Crippen LogP contribution < -0.4 is 5.32 Å². The zero-order valence-electron chi connectivity index (χ0n) is 12.4. The molecule has 0 amide bonds. The summed E-state index contributed by atoms with van der Waals surface area (Å²) in [5.74, 6) is 0. The first-order chi connectivity index (χ1) is 8.67. The molecule has 0 radical (unpaired) electrons. The Morgan fingerprint density at radius 2 is 1.83 bits per heavy atom. The van der Waals surface area contributed by atoms with E-state index < -0.39 is 0 Å². The summed E-state index contributed by atoms with van der Waals surface area (Å²) < 4.78 is 0. The molecular weight excluding hydrogens is 220 g/mol. The maximum absolute atomic E-state index is 3.54. The number of rotatable bonds is 8. The number of hydrogen-bond acceptors (Lipinski definition) is 2. The molecule has 0 saturated carbocycles. The predicted octanol–water partition coefficient (Wildman–Crippen LogP) is 3.12. The molecule has 2 heteroatoms. The van der Waals surface area contributed by atoms with Crippen LogP contribution in [0.4, 0.5) is 0 Å². The highest BCUT2D eigenvalue weighted by Gasteiger charge is 2.00. The molecule has 102 valence electrons. The fourth-order valence-electron chi connectivity index (χ4n) is 2.23. The number of aryl methyl sites for hydroxylation is 2. The van der Waals surface area contributed by atoms with Crippen LogP contribution in [-0.2, 0) is 6.54 Å². The van der Waals surface area contributed by atoms with Crippen molar-refractivity contribution in [3.05, 3.63) is 34.9 Å². The van der Waals surface area contributed by atoms with E-state index in [0.29, 0.717) is 0 Å². The van der Waals surface area contributed by atoms with Gasteiger partial charge in [-0.1, -0.05) is 37.6 Å². The van der Waals surface area contributed by atoms with Crippen LogP contribution in [0.15, 0.2) is 18.2 Å². The number of nitrogens with one attached hydrogen (secondary N) is 1. The van der Waals surface area contributed by atoms with E-state index in [9.17, 15) is 0 Å². The highest BCUT2D eigenvalue weighted by molar-refractivity contribution is 5.30. The lowest BCUT2D eigenvalue weighted by Crippen LogP contribution is -2.27. The lowest BCUT2D eigenvalue weighted by molar-refractivity contribution is 0.298. The molecule has 0 atom stereocenters. The van der Waals surface area contributed by atoms with Crippen molar-refractivity contribution < 1.29 is 0 Å². The van der Waals surface area contributed by atoms with Gasteiger partial charge in [0.15, 0.2) is 0 Å². The van der Waals surface area contributed by atoms with Gasteiger partial charge in [-0.2, -0.15) is 0 Å². The summed E-state index contributed by atoms with van der Waals surface area (Å²) in [6.07, 6.45) is 1.23. The Bertz CT molecular complexity index is 343. The topological polar surface area (TPSA) is 15.3 Å². The molecule has 0 unspecified atom stereocenters. The van der Waals surface area contributed by atoms with E-state index in [1.54, 1.807) is 0 Å². The second kappa shape index (κ2) is 8.28. The summed E-state index contributed by atoms with van der Waals surface area (Å²) in [7, 11) is 0. The van der Waals surface area contributed by atoms with Crippen molar-refractivity contribution in [1.82, 2.24) is 10.2 Å². The van der Waals surface area contributed by atoms with E-state index in [1.165, 1.54) is 29.7 Å². The molecule has 0 aromatic heterocycles. The van der Waals surface area contributed by atoms with E-state index in [0.717, 1.165) is 26.2 Å². The molecule has 1 N–H and O–H groups in total. The molecule has 0 spiro atoms. The molecule has 1 aromatic rings. The van der Waals surface area contributed by atoms with E-state index >= 15 is 0 Å². The Hall–Kier alpha value is -0.860. The Labute approximate surface area is 112 Å². The van der Waals surface area contributed by atoms with Crippen molar-refractivity contribution in [2.75, 3.05) is 26.2 Å². The van der Waals surface area contributed by atoms with E-state index in [1.807, 2.05) is 0 Å². The highest BCUT2D eigenvalue weighted by atomic mass is 15.1. The summed E-state index contributed by atoms with van der Waals surface area (Å²) >= 11 is 0. The smallest absolute Gasteiger partial charge is 0.0208 e. The van der Waals surface area contributed by atoms with Gasteiger partial charge in [0.05, 0.1) is 0 Å². The lowest BCUT2D eigenvalue weighted by atomic mass is 10.1. The summed E-state index contributed by atoms with van der Waals surface area (Å²) in [6.45, 7) is 14.4. The van der Waals surface area contributed by atoms with Crippen molar-refractivity contribution >= 4 is 0 Å². The Morgan fingerprint density at radius 1 is 1.11 bits per heavy atom. The van der Waals surface area contributed by atoms with Crippen LogP contribution >= 0.6 is 0 Å². The number of nitrogens with zero attached hydrogens (tertiary/aromatic N) is 1. The molecule has 0 heterocycles. The third-order valence-corrected chi connectivity index (χ3v) is 3.54. The lowest BCUT2D eigenvalue weighted by Gasteiger charge is -2.17. The minimum Gasteiger partial charge on any atom is -0.313 e. The van der Waals surface area contributed by atoms with Gasteiger partial charge in [0.1, 0.15) is 0 Å². The largest absolute Gasteiger partial charge is 0.313 e. The first-order valence-corrected chi connectivity index (χ1v) is 7.16. The van der Waals surface area contributed by atoms with Gasteiger partial charge in [0.25, 0.3) is 0 Å². The molecular formula is C16H28N2. The number of hydrogen-bond donors (Lipinski definition) is 1. The first kappa shape index (κ1) is 15.2. The van der Waals surface area contributed by atoms with Gasteiger partial charge in [0.2, 0.25) is 0 Å². The first-order valence-electron chi connectivity index (χ1n) is 7.16. The molecule has 1 rings (SSSR count). The van der Waals surface area contributed by atoms with Crippen LogP contribution in [0, 0.1) is 13.8 Å². The SMILES string of the molecule is CCN(CC)CCCNCc1ccc(C)cc1C. The van der Waals surface area contributed by atoms with Gasteiger partial charge in [-0.25, -0.2) is 0 Å². The second-order valence-corrected chi connectivity index (χ2v) is 4.99. The van der Waals surface area contributed by atoms with Crippen LogP contribution in [0.25, 0.3) is 0 Å². The standard InChI is InChI=1S/C16H28N2/c1-5-18(6-2)11-7-10-17-13-16-9-8-14(3)12-15(16)4/h8-9,12,17H,5-7,10-11,13H2,1-4H3. The molecule has 0 aliphatic heterocycles. The Balaban J connectivity index is 2.21. The fourth-order valence-corrected chi connectivity index (χ4v) is 2.23. The normalized spacial score (nSPS) is 11.2. The summed E-state index contributed by atoms with van der Waals surface area (Å²) in [4.78, 5) is 2.47. The summed E-state index contributed by atoms with van der Waals surface area (Å²) in [5.41, 5.74) is 4.16. The van der Waals surface area contributed by atoms with Gasteiger partial charge < -0.3 is 10.2 Å². The molecule has 0 saturated heterocycles. The van der Waals surface area contributed by atoms with Gasteiger partial charge >= 0.3 is 0 Å². The quantitative estimate of drug-likeness (QED) is 0.711. The molecule has 0 aliphatic rings.